The SMILES string of the molecule is CCC[CH2][Sn]([CH2]CCC)([CH2]CCC)[C@@H](c1ccccc1)[C@@H]1CC(C)(C)C[C@H]1OC(=O)N1C(C)(C)COC1(C)C. The number of benzene rings is 1. The zero-order valence-electron chi connectivity index (χ0n) is 26.8. The number of carbonyl (C=O) groups excluding carboxylic acids is 1. The van der Waals surface area contributed by atoms with Crippen molar-refractivity contribution in [3.63, 3.8) is 0 Å². The third kappa shape index (κ3) is 7.76. The summed E-state index contributed by atoms with van der Waals surface area (Å²) in [6, 6.07) is 11.5. The Labute approximate surface area is 244 Å². The molecule has 1 aliphatic carbocycles. The van der Waals surface area contributed by atoms with Crippen molar-refractivity contribution >= 4 is 24.5 Å². The van der Waals surface area contributed by atoms with E-state index in [1.54, 1.807) is 0 Å². The number of carbonyl (C=O) groups is 1. The van der Waals surface area contributed by atoms with E-state index >= 15 is 0 Å². The molecule has 0 N–H and O–H groups in total. The van der Waals surface area contributed by atoms with Crippen LogP contribution in [0.1, 0.15) is 123 Å². The second kappa shape index (κ2) is 13.5. The fourth-order valence-electron chi connectivity index (χ4n) is 8.01. The Balaban J connectivity index is 2.08. The molecule has 0 radical (unpaired) electrons. The molecule has 0 aromatic heterocycles. The number of ether oxygens (including phenoxy) is 2. The summed E-state index contributed by atoms with van der Waals surface area (Å²) in [6.45, 7) is 20.6. The van der Waals surface area contributed by atoms with Crippen LogP contribution in [-0.4, -0.2) is 53.3 Å². The number of unbranched alkanes of at least 4 members (excludes halogenated alkanes) is 3. The first-order valence-electron chi connectivity index (χ1n) is 16.0. The standard InChI is InChI=1S/C22H32NO3.3C4H9.Sn/c1-20(2)13-17(12-16-10-8-7-9-11-16)18(14-20)26-19(24)23-21(3,4)15-25-22(23,5)6;3*1-3-4-2;/h7-12,17-18H,13-15H2,1-6H3;3*1,3-4H2,2H3;/t17-,18-;;;;/m1..../s1. The molecular formula is C34H59NO3Sn. The topological polar surface area (TPSA) is 38.8 Å². The summed E-state index contributed by atoms with van der Waals surface area (Å²) >= 11 is -2.78. The number of amides is 1. The van der Waals surface area contributed by atoms with E-state index in [0.29, 0.717) is 16.5 Å². The molecule has 5 heteroatoms. The van der Waals surface area contributed by atoms with Gasteiger partial charge in [0.1, 0.15) is 0 Å². The van der Waals surface area contributed by atoms with Gasteiger partial charge in [0.25, 0.3) is 0 Å². The molecule has 1 saturated carbocycles. The van der Waals surface area contributed by atoms with Crippen molar-refractivity contribution in [3.8, 4) is 0 Å². The number of hydrogen-bond donors (Lipinski definition) is 0. The third-order valence-corrected chi connectivity index (χ3v) is 27.2. The van der Waals surface area contributed by atoms with Crippen LogP contribution in [0.15, 0.2) is 30.3 Å². The van der Waals surface area contributed by atoms with Crippen LogP contribution in [0.5, 0.6) is 0 Å². The summed E-state index contributed by atoms with van der Waals surface area (Å²) in [7, 11) is 0. The molecule has 2 aliphatic rings. The fraction of sp³-hybridized carbons (Fsp3) is 0.794. The molecule has 1 aromatic carbocycles. The maximum atomic E-state index is 14.0. The zero-order chi connectivity index (χ0) is 28.9. The third-order valence-electron chi connectivity index (χ3n) is 9.71. The van der Waals surface area contributed by atoms with Crippen molar-refractivity contribution in [3.05, 3.63) is 35.9 Å². The van der Waals surface area contributed by atoms with Crippen LogP contribution >= 0.6 is 0 Å². The normalized spacial score (nSPS) is 24.6. The van der Waals surface area contributed by atoms with Gasteiger partial charge in [0.05, 0.1) is 0 Å². The first-order chi connectivity index (χ1) is 18.3. The molecule has 1 aromatic rings. The molecule has 1 saturated heterocycles. The molecule has 39 heavy (non-hydrogen) atoms. The first-order valence-corrected chi connectivity index (χ1v) is 23.7. The second-order valence-corrected chi connectivity index (χ2v) is 28.4. The Kier molecular flexibility index (Phi) is 11.3. The van der Waals surface area contributed by atoms with Gasteiger partial charge < -0.3 is 0 Å². The molecular weight excluding hydrogens is 589 g/mol. The first kappa shape index (κ1) is 32.8. The van der Waals surface area contributed by atoms with E-state index in [1.807, 2.05) is 18.7 Å². The minimum absolute atomic E-state index is 0.0501. The minimum atomic E-state index is -2.78. The van der Waals surface area contributed by atoms with Gasteiger partial charge >= 0.3 is 246 Å². The molecule has 0 bridgehead atoms. The molecule has 0 spiro atoms. The predicted molar refractivity (Wildman–Crippen MR) is 167 cm³/mol. The van der Waals surface area contributed by atoms with E-state index in [1.165, 1.54) is 57.4 Å². The number of rotatable bonds is 13. The molecule has 222 valence electrons. The molecule has 0 unspecified atom stereocenters. The van der Waals surface area contributed by atoms with Crippen LogP contribution in [0, 0.1) is 11.3 Å². The van der Waals surface area contributed by atoms with E-state index in [2.05, 4.69) is 78.8 Å². The summed E-state index contributed by atoms with van der Waals surface area (Å²) in [5, 5.41) is 0. The van der Waals surface area contributed by atoms with Crippen molar-refractivity contribution < 1.29 is 14.3 Å². The molecule has 3 atom stereocenters. The molecule has 1 aliphatic heterocycles. The number of nitrogens with zero attached hydrogens (tertiary/aromatic N) is 1. The van der Waals surface area contributed by atoms with E-state index in [4.69, 9.17) is 9.47 Å². The van der Waals surface area contributed by atoms with E-state index in [0.717, 1.165) is 12.8 Å². The van der Waals surface area contributed by atoms with Gasteiger partial charge in [0.2, 0.25) is 0 Å². The van der Waals surface area contributed by atoms with Gasteiger partial charge in [-0.25, -0.2) is 0 Å². The van der Waals surface area contributed by atoms with Gasteiger partial charge in [0.15, 0.2) is 0 Å². The van der Waals surface area contributed by atoms with Crippen LogP contribution < -0.4 is 0 Å². The summed E-state index contributed by atoms with van der Waals surface area (Å²) < 4.78 is 17.7. The Bertz CT molecular complexity index is 875. The van der Waals surface area contributed by atoms with Gasteiger partial charge in [-0.05, 0) is 0 Å². The average Bonchev–Trinajstić information content (AvgIpc) is 3.29. The van der Waals surface area contributed by atoms with Crippen LogP contribution in [0.3, 0.4) is 0 Å². The van der Waals surface area contributed by atoms with Crippen molar-refractivity contribution in [2.24, 2.45) is 11.3 Å². The monoisotopic (exact) mass is 649 g/mol. The zero-order valence-corrected chi connectivity index (χ0v) is 29.6. The molecule has 1 amide bonds. The van der Waals surface area contributed by atoms with Gasteiger partial charge in [-0.2, -0.15) is 0 Å². The van der Waals surface area contributed by atoms with E-state index in [9.17, 15) is 4.79 Å². The number of hydrogen-bond acceptors (Lipinski definition) is 3. The summed E-state index contributed by atoms with van der Waals surface area (Å²) in [4.78, 5) is 15.8. The van der Waals surface area contributed by atoms with Gasteiger partial charge in [0, 0.05) is 0 Å². The van der Waals surface area contributed by atoms with Gasteiger partial charge in [-0.15, -0.1) is 0 Å². The van der Waals surface area contributed by atoms with Crippen molar-refractivity contribution in [2.45, 2.75) is 148 Å². The van der Waals surface area contributed by atoms with Crippen molar-refractivity contribution in [1.82, 2.24) is 4.90 Å². The predicted octanol–water partition coefficient (Wildman–Crippen LogP) is 9.95. The van der Waals surface area contributed by atoms with E-state index < -0.39 is 24.1 Å². The molecule has 2 fully saturated rings. The Morgan fingerprint density at radius 3 is 1.92 bits per heavy atom. The Morgan fingerprint density at radius 1 is 0.923 bits per heavy atom. The maximum absolute atomic E-state index is 14.0. The van der Waals surface area contributed by atoms with Crippen molar-refractivity contribution in [1.29, 1.82) is 0 Å². The van der Waals surface area contributed by atoms with Crippen LogP contribution in [0.2, 0.25) is 13.3 Å². The Morgan fingerprint density at radius 2 is 1.46 bits per heavy atom. The van der Waals surface area contributed by atoms with Crippen LogP contribution in [-0.2, 0) is 9.47 Å². The quantitative estimate of drug-likeness (QED) is 0.200. The Hall–Kier alpha value is -0.751. The fourth-order valence-corrected chi connectivity index (χ4v) is 28.0. The summed E-state index contributed by atoms with van der Waals surface area (Å²) in [5.74, 6) is 0.391. The van der Waals surface area contributed by atoms with E-state index in [-0.39, 0.29) is 23.2 Å². The van der Waals surface area contributed by atoms with Gasteiger partial charge in [-0.3, -0.25) is 0 Å². The summed E-state index contributed by atoms with van der Waals surface area (Å²) in [5.41, 5.74) is 0.656. The van der Waals surface area contributed by atoms with Crippen LogP contribution in [0.4, 0.5) is 4.79 Å². The van der Waals surface area contributed by atoms with Crippen molar-refractivity contribution in [2.75, 3.05) is 6.61 Å². The molecule has 1 heterocycles. The average molecular weight is 649 g/mol. The molecule has 4 nitrogen and oxygen atoms in total. The van der Waals surface area contributed by atoms with Gasteiger partial charge in [-0.1, -0.05) is 0 Å². The molecule has 3 rings (SSSR count). The second-order valence-electron chi connectivity index (χ2n) is 14.6. The van der Waals surface area contributed by atoms with Crippen LogP contribution in [0.25, 0.3) is 0 Å². The summed E-state index contributed by atoms with van der Waals surface area (Å²) in [6.07, 6.45) is 9.69.